The van der Waals surface area contributed by atoms with Gasteiger partial charge in [0.25, 0.3) is 0 Å². The Kier molecular flexibility index (Phi) is 4.12. The number of hydrogen-bond donors (Lipinski definition) is 2. The summed E-state index contributed by atoms with van der Waals surface area (Å²) in [4.78, 5) is 13.3. The third kappa shape index (κ3) is 2.64. The van der Waals surface area contributed by atoms with Crippen molar-refractivity contribution in [2.24, 2.45) is 0 Å². The number of benzene rings is 1. The maximum Gasteiger partial charge on any atom is 0.408 e. The summed E-state index contributed by atoms with van der Waals surface area (Å²) in [7, 11) is 0. The minimum atomic E-state index is -1.05. The van der Waals surface area contributed by atoms with Crippen molar-refractivity contribution in [1.29, 1.82) is 5.26 Å². The van der Waals surface area contributed by atoms with Crippen LogP contribution < -0.4 is 5.32 Å². The second kappa shape index (κ2) is 5.58. The zero-order chi connectivity index (χ0) is 16.5. The summed E-state index contributed by atoms with van der Waals surface area (Å²) in [6.07, 6.45) is -0.513. The largest absolute Gasteiger partial charge is 0.465 e. The van der Waals surface area contributed by atoms with Crippen molar-refractivity contribution >= 4 is 6.09 Å². The highest BCUT2D eigenvalue weighted by Gasteiger charge is 2.49. The molecule has 22 heavy (non-hydrogen) atoms. The average molecular weight is 305 g/mol. The van der Waals surface area contributed by atoms with E-state index in [2.05, 4.69) is 5.32 Å². The summed E-state index contributed by atoms with van der Waals surface area (Å²) in [6.45, 7) is 6.49. The first kappa shape index (κ1) is 16.2. The lowest BCUT2D eigenvalue weighted by molar-refractivity contribution is 0.0223. The lowest BCUT2D eigenvalue weighted by atomic mass is 9.81. The van der Waals surface area contributed by atoms with Crippen molar-refractivity contribution in [2.45, 2.75) is 38.3 Å². The van der Waals surface area contributed by atoms with Crippen molar-refractivity contribution < 1.29 is 14.3 Å². The summed E-state index contributed by atoms with van der Waals surface area (Å²) in [5.41, 5.74) is -0.792. The Labute approximate surface area is 129 Å². The van der Waals surface area contributed by atoms with Crippen LogP contribution in [-0.2, 0) is 5.54 Å². The van der Waals surface area contributed by atoms with E-state index >= 15 is 0 Å². The van der Waals surface area contributed by atoms with Crippen LogP contribution in [0.2, 0.25) is 0 Å². The lowest BCUT2D eigenvalue weighted by Gasteiger charge is -2.47. The van der Waals surface area contributed by atoms with E-state index in [-0.39, 0.29) is 5.56 Å². The van der Waals surface area contributed by atoms with Gasteiger partial charge in [0.1, 0.15) is 5.82 Å². The van der Waals surface area contributed by atoms with Gasteiger partial charge >= 0.3 is 6.09 Å². The quantitative estimate of drug-likeness (QED) is 0.880. The normalized spacial score (nSPS) is 21.4. The Morgan fingerprint density at radius 1 is 1.50 bits per heavy atom. The monoisotopic (exact) mass is 305 g/mol. The fourth-order valence-corrected chi connectivity index (χ4v) is 3.35. The molecule has 0 spiro atoms. The van der Waals surface area contributed by atoms with Gasteiger partial charge in [-0.15, -0.1) is 0 Å². The van der Waals surface area contributed by atoms with Crippen LogP contribution >= 0.6 is 0 Å². The van der Waals surface area contributed by atoms with Crippen molar-refractivity contribution in [3.8, 4) is 6.07 Å². The SMILES string of the molecule is CC(C)(C)N(C(=O)O)[C@]1(c2ccc(F)cc2C#N)CCNC1. The number of carbonyl (C=O) groups is 1. The van der Waals surface area contributed by atoms with Crippen LogP contribution in [0.4, 0.5) is 9.18 Å². The minimum absolute atomic E-state index is 0.180. The number of nitriles is 1. The van der Waals surface area contributed by atoms with E-state index in [4.69, 9.17) is 0 Å². The molecule has 2 rings (SSSR count). The van der Waals surface area contributed by atoms with Gasteiger partial charge in [0, 0.05) is 12.1 Å². The molecule has 1 saturated heterocycles. The second-order valence-electron chi connectivity index (χ2n) is 6.55. The fraction of sp³-hybridized carbons (Fsp3) is 0.500. The van der Waals surface area contributed by atoms with E-state index in [0.29, 0.717) is 25.1 Å². The third-order valence-electron chi connectivity index (χ3n) is 4.03. The van der Waals surface area contributed by atoms with Gasteiger partial charge in [0.15, 0.2) is 0 Å². The molecule has 1 heterocycles. The van der Waals surface area contributed by atoms with E-state index in [1.807, 2.05) is 26.8 Å². The third-order valence-corrected chi connectivity index (χ3v) is 4.03. The van der Waals surface area contributed by atoms with Gasteiger partial charge in [-0.3, -0.25) is 4.90 Å². The zero-order valence-corrected chi connectivity index (χ0v) is 13.0. The molecule has 0 aliphatic carbocycles. The average Bonchev–Trinajstić information content (AvgIpc) is 2.86. The number of carboxylic acid groups (broad SMARTS) is 1. The number of rotatable bonds is 2. The number of nitrogens with zero attached hydrogens (tertiary/aromatic N) is 2. The van der Waals surface area contributed by atoms with Crippen LogP contribution in [0.15, 0.2) is 18.2 Å². The van der Waals surface area contributed by atoms with Gasteiger partial charge < -0.3 is 10.4 Å². The Hall–Kier alpha value is -2.13. The maximum atomic E-state index is 13.4. The van der Waals surface area contributed by atoms with E-state index in [0.717, 1.165) is 6.07 Å². The van der Waals surface area contributed by atoms with Gasteiger partial charge in [0.2, 0.25) is 0 Å². The van der Waals surface area contributed by atoms with Crippen molar-refractivity contribution in [3.63, 3.8) is 0 Å². The van der Waals surface area contributed by atoms with Gasteiger partial charge in [-0.05, 0) is 51.4 Å². The van der Waals surface area contributed by atoms with E-state index in [9.17, 15) is 19.6 Å². The predicted molar refractivity (Wildman–Crippen MR) is 79.9 cm³/mol. The van der Waals surface area contributed by atoms with Gasteiger partial charge in [-0.1, -0.05) is 6.07 Å². The zero-order valence-electron chi connectivity index (χ0n) is 13.0. The number of nitrogens with one attached hydrogen (secondary N) is 1. The molecule has 1 amide bonds. The first-order chi connectivity index (χ1) is 10.2. The summed E-state index contributed by atoms with van der Waals surface area (Å²) in [5, 5.41) is 22.3. The number of amides is 1. The summed E-state index contributed by atoms with van der Waals surface area (Å²) in [6, 6.07) is 5.97. The molecule has 0 bridgehead atoms. The molecule has 0 saturated carbocycles. The lowest BCUT2D eigenvalue weighted by Crippen LogP contribution is -2.59. The highest BCUT2D eigenvalue weighted by molar-refractivity contribution is 5.68. The van der Waals surface area contributed by atoms with E-state index in [1.165, 1.54) is 17.0 Å². The van der Waals surface area contributed by atoms with Crippen LogP contribution in [0, 0.1) is 17.1 Å². The standard InChI is InChI=1S/C16H20FN3O2/c1-15(2,3)20(14(21)22)16(6-7-19-10-16)13-5-4-12(17)8-11(13)9-18/h4-5,8,19H,6-7,10H2,1-3H3,(H,21,22)/t16-/m1/s1. The molecular formula is C16H20FN3O2. The highest BCUT2D eigenvalue weighted by Crippen LogP contribution is 2.40. The molecule has 6 heteroatoms. The first-order valence-electron chi connectivity index (χ1n) is 7.16. The Morgan fingerprint density at radius 3 is 2.64 bits per heavy atom. The van der Waals surface area contributed by atoms with Gasteiger partial charge in [-0.2, -0.15) is 5.26 Å². The number of halogens is 1. The van der Waals surface area contributed by atoms with Crippen LogP contribution in [0.25, 0.3) is 0 Å². The molecule has 1 fully saturated rings. The summed E-state index contributed by atoms with van der Waals surface area (Å²) in [5.74, 6) is -0.501. The molecular weight excluding hydrogens is 285 g/mol. The molecule has 0 unspecified atom stereocenters. The number of hydrogen-bond acceptors (Lipinski definition) is 3. The minimum Gasteiger partial charge on any atom is -0.465 e. The molecule has 1 aromatic carbocycles. The summed E-state index contributed by atoms with van der Waals surface area (Å²) < 4.78 is 13.4. The smallest absolute Gasteiger partial charge is 0.408 e. The Bertz CT molecular complexity index is 625. The summed E-state index contributed by atoms with van der Waals surface area (Å²) >= 11 is 0. The molecule has 2 N–H and O–H groups in total. The predicted octanol–water partition coefficient (Wildman–Crippen LogP) is 2.66. The molecule has 5 nitrogen and oxygen atoms in total. The molecule has 118 valence electrons. The first-order valence-corrected chi connectivity index (χ1v) is 7.16. The van der Waals surface area contributed by atoms with E-state index in [1.54, 1.807) is 0 Å². The van der Waals surface area contributed by atoms with Crippen molar-refractivity contribution in [2.75, 3.05) is 13.1 Å². The van der Waals surface area contributed by atoms with Crippen molar-refractivity contribution in [1.82, 2.24) is 10.2 Å². The Balaban J connectivity index is 2.68. The topological polar surface area (TPSA) is 76.4 Å². The van der Waals surface area contributed by atoms with Crippen LogP contribution in [0.1, 0.15) is 38.3 Å². The Morgan fingerprint density at radius 2 is 2.18 bits per heavy atom. The molecule has 1 atom stereocenters. The van der Waals surface area contributed by atoms with Crippen molar-refractivity contribution in [3.05, 3.63) is 35.1 Å². The van der Waals surface area contributed by atoms with Crippen LogP contribution in [0.3, 0.4) is 0 Å². The maximum absolute atomic E-state index is 13.4. The molecule has 1 aliphatic heterocycles. The molecule has 0 aromatic heterocycles. The van der Waals surface area contributed by atoms with Gasteiger partial charge in [-0.25, -0.2) is 9.18 Å². The van der Waals surface area contributed by atoms with Crippen LogP contribution in [-0.4, -0.2) is 34.7 Å². The van der Waals surface area contributed by atoms with E-state index < -0.39 is 23.0 Å². The second-order valence-corrected chi connectivity index (χ2v) is 6.55. The highest BCUT2D eigenvalue weighted by atomic mass is 19.1. The van der Waals surface area contributed by atoms with Crippen LogP contribution in [0.5, 0.6) is 0 Å². The molecule has 1 aliphatic rings. The fourth-order valence-electron chi connectivity index (χ4n) is 3.35. The molecule has 1 aromatic rings. The van der Waals surface area contributed by atoms with Gasteiger partial charge in [0.05, 0.1) is 17.2 Å². The molecule has 0 radical (unpaired) electrons.